The molecule has 4 amide bonds. The summed E-state index contributed by atoms with van der Waals surface area (Å²) in [6.07, 6.45) is 4.62. The summed E-state index contributed by atoms with van der Waals surface area (Å²) in [7, 11) is 0. The molecule has 0 radical (unpaired) electrons. The Morgan fingerprint density at radius 1 is 0.955 bits per heavy atom. The second-order valence-electron chi connectivity index (χ2n) is 12.2. The molecule has 1 aromatic carbocycles. The molecular formula is C32H51N5O7. The van der Waals surface area contributed by atoms with E-state index in [-0.39, 0.29) is 36.3 Å². The number of carbonyl (C=O) groups is 5. The molecule has 0 unspecified atom stereocenters. The number of carboxylic acid groups (broad SMARTS) is 1. The normalized spacial score (nSPS) is 17.4. The summed E-state index contributed by atoms with van der Waals surface area (Å²) < 4.78 is 0. The van der Waals surface area contributed by atoms with Gasteiger partial charge in [-0.1, -0.05) is 52.7 Å². The number of likely N-dealkylation sites (tertiary alicyclic amines) is 1. The summed E-state index contributed by atoms with van der Waals surface area (Å²) in [4.78, 5) is 66.9. The minimum atomic E-state index is -1.16. The van der Waals surface area contributed by atoms with Crippen molar-refractivity contribution in [1.82, 2.24) is 20.9 Å². The van der Waals surface area contributed by atoms with Crippen molar-refractivity contribution in [3.8, 4) is 5.75 Å². The van der Waals surface area contributed by atoms with Crippen LogP contribution in [-0.2, 0) is 30.4 Å². The van der Waals surface area contributed by atoms with Gasteiger partial charge in [0.15, 0.2) is 0 Å². The number of carbonyl (C=O) groups excluding carboxylic acids is 4. The SMILES string of the molecule is CC[C@H](C)[C@H](NC(=O)[C@H](Cc1ccc(O)cc1)NC(=O)[C@@H]1CCCN1C(=O)CCCCCN)C(=O)N[C@@H](CC(C)C)C(=O)O. The van der Waals surface area contributed by atoms with Gasteiger partial charge in [-0.25, -0.2) is 4.79 Å². The first-order valence-electron chi connectivity index (χ1n) is 15.8. The van der Waals surface area contributed by atoms with Gasteiger partial charge in [-0.3, -0.25) is 19.2 Å². The lowest BCUT2D eigenvalue weighted by molar-refractivity contribution is -0.143. The molecule has 2 rings (SSSR count). The zero-order valence-electron chi connectivity index (χ0n) is 26.5. The Hall–Kier alpha value is -3.67. The fraction of sp³-hybridized carbons (Fsp3) is 0.656. The van der Waals surface area contributed by atoms with Gasteiger partial charge in [0.05, 0.1) is 0 Å². The van der Waals surface area contributed by atoms with E-state index in [0.717, 1.165) is 12.8 Å². The molecule has 0 aromatic heterocycles. The quantitative estimate of drug-likeness (QED) is 0.135. The summed E-state index contributed by atoms with van der Waals surface area (Å²) in [5, 5.41) is 27.5. The summed E-state index contributed by atoms with van der Waals surface area (Å²) in [6.45, 7) is 8.37. The molecule has 5 atom stereocenters. The number of hydrogen-bond donors (Lipinski definition) is 6. The summed E-state index contributed by atoms with van der Waals surface area (Å²) in [5.74, 6) is -3.21. The van der Waals surface area contributed by atoms with Crippen LogP contribution in [0, 0.1) is 11.8 Å². The molecule has 1 aromatic rings. The largest absolute Gasteiger partial charge is 0.508 e. The van der Waals surface area contributed by atoms with E-state index in [2.05, 4.69) is 16.0 Å². The van der Waals surface area contributed by atoms with Crippen LogP contribution in [0.15, 0.2) is 24.3 Å². The van der Waals surface area contributed by atoms with E-state index in [1.165, 1.54) is 12.1 Å². The maximum Gasteiger partial charge on any atom is 0.326 e. The van der Waals surface area contributed by atoms with Crippen molar-refractivity contribution in [3.63, 3.8) is 0 Å². The van der Waals surface area contributed by atoms with Crippen molar-refractivity contribution in [1.29, 1.82) is 0 Å². The Bertz CT molecular complexity index is 1110. The molecular weight excluding hydrogens is 566 g/mol. The van der Waals surface area contributed by atoms with Gasteiger partial charge in [-0.15, -0.1) is 0 Å². The molecule has 246 valence electrons. The van der Waals surface area contributed by atoms with Crippen molar-refractivity contribution >= 4 is 29.6 Å². The van der Waals surface area contributed by atoms with Crippen LogP contribution < -0.4 is 21.7 Å². The fourth-order valence-electron chi connectivity index (χ4n) is 5.33. The van der Waals surface area contributed by atoms with Crippen molar-refractivity contribution in [2.45, 2.75) is 110 Å². The molecule has 1 fully saturated rings. The average Bonchev–Trinajstić information content (AvgIpc) is 3.48. The molecule has 1 heterocycles. The number of nitrogens with two attached hydrogens (primary N) is 1. The Kier molecular flexibility index (Phi) is 15.1. The molecule has 12 heteroatoms. The van der Waals surface area contributed by atoms with Crippen LogP contribution in [0.1, 0.15) is 84.6 Å². The predicted octanol–water partition coefficient (Wildman–Crippen LogP) is 2.08. The number of unbranched alkanes of at least 4 members (excludes halogenated alkanes) is 2. The number of rotatable bonds is 18. The minimum Gasteiger partial charge on any atom is -0.508 e. The fourth-order valence-corrected chi connectivity index (χ4v) is 5.33. The lowest BCUT2D eigenvalue weighted by Crippen LogP contribution is -2.59. The summed E-state index contributed by atoms with van der Waals surface area (Å²) >= 11 is 0. The zero-order valence-corrected chi connectivity index (χ0v) is 26.5. The van der Waals surface area contributed by atoms with Crippen molar-refractivity contribution in [2.24, 2.45) is 17.6 Å². The van der Waals surface area contributed by atoms with Gasteiger partial charge in [0.25, 0.3) is 0 Å². The number of hydrogen-bond acceptors (Lipinski definition) is 7. The third-order valence-corrected chi connectivity index (χ3v) is 8.09. The third kappa shape index (κ3) is 11.4. The standard InChI is InChI=1S/C32H51N5O7/c1-5-21(4)28(31(42)35-25(32(43)44)18-20(2)3)36-29(40)24(19-22-12-14-23(38)15-13-22)34-30(41)26-10-9-17-37(26)27(39)11-7-6-8-16-33/h12-15,20-21,24-26,28,38H,5-11,16-19,33H2,1-4H3,(H,34,41)(H,35,42)(H,36,40)(H,43,44)/t21-,24-,25-,26-,28-/m0/s1. The number of amides is 4. The highest BCUT2D eigenvalue weighted by atomic mass is 16.4. The number of phenols is 1. The van der Waals surface area contributed by atoms with E-state index < -0.39 is 47.9 Å². The van der Waals surface area contributed by atoms with Crippen LogP contribution in [0.4, 0.5) is 0 Å². The van der Waals surface area contributed by atoms with Gasteiger partial charge in [0.1, 0.15) is 29.9 Å². The Balaban J connectivity index is 2.25. The van der Waals surface area contributed by atoms with Crippen LogP contribution in [0.5, 0.6) is 5.75 Å². The van der Waals surface area contributed by atoms with E-state index >= 15 is 0 Å². The lowest BCUT2D eigenvalue weighted by atomic mass is 9.96. The minimum absolute atomic E-state index is 0.0194. The first-order chi connectivity index (χ1) is 20.9. The molecule has 12 nitrogen and oxygen atoms in total. The smallest absolute Gasteiger partial charge is 0.326 e. The molecule has 1 aliphatic heterocycles. The highest BCUT2D eigenvalue weighted by Gasteiger charge is 2.37. The molecule has 7 N–H and O–H groups in total. The second-order valence-corrected chi connectivity index (χ2v) is 12.2. The number of aliphatic carboxylic acids is 1. The molecule has 1 aliphatic rings. The van der Waals surface area contributed by atoms with Crippen molar-refractivity contribution < 1.29 is 34.2 Å². The molecule has 0 spiro atoms. The van der Waals surface area contributed by atoms with Crippen molar-refractivity contribution in [2.75, 3.05) is 13.1 Å². The summed E-state index contributed by atoms with van der Waals surface area (Å²) in [5.41, 5.74) is 6.21. The van der Waals surface area contributed by atoms with E-state index in [1.807, 2.05) is 20.8 Å². The van der Waals surface area contributed by atoms with Gasteiger partial charge in [-0.05, 0) is 68.2 Å². The third-order valence-electron chi connectivity index (χ3n) is 8.09. The monoisotopic (exact) mass is 617 g/mol. The first kappa shape index (κ1) is 36.5. The van der Waals surface area contributed by atoms with Crippen molar-refractivity contribution in [3.05, 3.63) is 29.8 Å². The van der Waals surface area contributed by atoms with Crippen LogP contribution in [0.3, 0.4) is 0 Å². The Morgan fingerprint density at radius 3 is 2.23 bits per heavy atom. The van der Waals surface area contributed by atoms with Crippen LogP contribution >= 0.6 is 0 Å². The van der Waals surface area contributed by atoms with Crippen LogP contribution in [0.25, 0.3) is 0 Å². The van der Waals surface area contributed by atoms with Crippen LogP contribution in [-0.4, -0.2) is 82.0 Å². The average molecular weight is 618 g/mol. The Morgan fingerprint density at radius 2 is 1.64 bits per heavy atom. The predicted molar refractivity (Wildman–Crippen MR) is 166 cm³/mol. The molecule has 44 heavy (non-hydrogen) atoms. The highest BCUT2D eigenvalue weighted by Crippen LogP contribution is 2.21. The number of aromatic hydroxyl groups is 1. The van der Waals surface area contributed by atoms with Gasteiger partial charge >= 0.3 is 5.97 Å². The maximum atomic E-state index is 13.8. The zero-order chi connectivity index (χ0) is 32.8. The molecule has 0 aliphatic carbocycles. The Labute approximate surface area is 260 Å². The van der Waals surface area contributed by atoms with Crippen LogP contribution in [0.2, 0.25) is 0 Å². The van der Waals surface area contributed by atoms with Gasteiger partial charge in [0, 0.05) is 19.4 Å². The second kappa shape index (κ2) is 18.2. The van der Waals surface area contributed by atoms with Gasteiger partial charge in [0.2, 0.25) is 23.6 Å². The number of phenolic OH excluding ortho intramolecular Hbond substituents is 1. The molecule has 0 bridgehead atoms. The van der Waals surface area contributed by atoms with Gasteiger partial charge < -0.3 is 36.8 Å². The number of nitrogens with zero attached hydrogens (tertiary/aromatic N) is 1. The first-order valence-corrected chi connectivity index (χ1v) is 15.8. The van der Waals surface area contributed by atoms with E-state index in [1.54, 1.807) is 24.0 Å². The lowest BCUT2D eigenvalue weighted by Gasteiger charge is -2.29. The number of benzene rings is 1. The van der Waals surface area contributed by atoms with Gasteiger partial charge in [-0.2, -0.15) is 0 Å². The maximum absolute atomic E-state index is 13.8. The van der Waals surface area contributed by atoms with E-state index in [4.69, 9.17) is 5.73 Å². The number of nitrogens with one attached hydrogen (secondary N) is 3. The van der Waals surface area contributed by atoms with E-state index in [0.29, 0.717) is 50.8 Å². The molecule has 1 saturated heterocycles. The highest BCUT2D eigenvalue weighted by molar-refractivity contribution is 5.95. The number of carboxylic acids is 1. The van der Waals surface area contributed by atoms with E-state index in [9.17, 15) is 34.2 Å². The molecule has 0 saturated carbocycles. The topological polar surface area (TPSA) is 191 Å². The summed E-state index contributed by atoms with van der Waals surface area (Å²) in [6, 6.07) is 2.26.